The van der Waals surface area contributed by atoms with Crippen molar-refractivity contribution < 1.29 is 9.47 Å². The monoisotopic (exact) mass is 684 g/mol. The van der Waals surface area contributed by atoms with Crippen LogP contribution in [0.5, 0.6) is 23.0 Å². The number of ether oxygens (including phenoxy) is 2. The fourth-order valence-corrected chi connectivity index (χ4v) is 5.49. The van der Waals surface area contributed by atoms with Crippen molar-refractivity contribution in [1.82, 2.24) is 15.0 Å². The molecule has 0 fully saturated rings. The molecule has 0 bridgehead atoms. The zero-order valence-electron chi connectivity index (χ0n) is 24.6. The summed E-state index contributed by atoms with van der Waals surface area (Å²) in [4.78, 5) is 8.64. The SMILES string of the molecule is Cc1ccc(Oc2ccc(N(C)N3Cc4cc(I)ccc4N(N(C)c4ccc(Oc5ccc(C)nc5)cc4)C3)cc2)cn1. The van der Waals surface area contributed by atoms with Gasteiger partial charge in [0, 0.05) is 35.6 Å². The molecule has 0 atom stereocenters. The summed E-state index contributed by atoms with van der Waals surface area (Å²) in [5.41, 5.74) is 6.49. The van der Waals surface area contributed by atoms with E-state index in [-0.39, 0.29) is 0 Å². The molecule has 0 unspecified atom stereocenters. The molecule has 0 amide bonds. The number of hydrogen-bond donors (Lipinski definition) is 0. The van der Waals surface area contributed by atoms with Crippen LogP contribution in [0.25, 0.3) is 0 Å². The summed E-state index contributed by atoms with van der Waals surface area (Å²) in [6.45, 7) is 5.38. The highest BCUT2D eigenvalue weighted by Gasteiger charge is 2.28. The molecule has 8 nitrogen and oxygen atoms in total. The number of benzene rings is 3. The zero-order chi connectivity index (χ0) is 29.9. The standard InChI is InChI=1S/C34H33IN6O2/c1-24-5-12-32(20-36-24)42-30-14-8-28(9-15-30)38(3)40-22-26-19-27(35)7-18-34(26)41(23-40)39(4)29-10-16-31(17-11-29)43-33-13-6-25(2)37-21-33/h5-21H,22-23H2,1-4H3. The minimum absolute atomic E-state index is 0.668. The molecule has 43 heavy (non-hydrogen) atoms. The largest absolute Gasteiger partial charge is 0.456 e. The number of aryl methyl sites for hydroxylation is 2. The van der Waals surface area contributed by atoms with E-state index in [9.17, 15) is 0 Å². The van der Waals surface area contributed by atoms with Crippen molar-refractivity contribution in [2.75, 3.05) is 35.8 Å². The highest BCUT2D eigenvalue weighted by Crippen LogP contribution is 2.34. The van der Waals surface area contributed by atoms with Crippen LogP contribution >= 0.6 is 22.6 Å². The Morgan fingerprint density at radius 1 is 0.651 bits per heavy atom. The first-order valence-electron chi connectivity index (χ1n) is 14.0. The average molecular weight is 685 g/mol. The average Bonchev–Trinajstić information content (AvgIpc) is 3.02. The molecule has 0 aliphatic carbocycles. The molecule has 2 aromatic heterocycles. The Labute approximate surface area is 266 Å². The lowest BCUT2D eigenvalue weighted by Gasteiger charge is -2.46. The van der Waals surface area contributed by atoms with Gasteiger partial charge in [-0.1, -0.05) is 0 Å². The zero-order valence-corrected chi connectivity index (χ0v) is 26.8. The van der Waals surface area contributed by atoms with Crippen LogP contribution in [0.15, 0.2) is 103 Å². The molecule has 9 heteroatoms. The van der Waals surface area contributed by atoms with Crippen LogP contribution in [0.4, 0.5) is 17.1 Å². The Hall–Kier alpha value is -4.35. The number of fused-ring (bicyclic) bond motifs is 1. The van der Waals surface area contributed by atoms with Gasteiger partial charge in [0.05, 0.1) is 29.5 Å². The van der Waals surface area contributed by atoms with E-state index in [1.54, 1.807) is 12.4 Å². The molecule has 218 valence electrons. The maximum absolute atomic E-state index is 6.00. The molecule has 0 saturated heterocycles. The first-order valence-corrected chi connectivity index (χ1v) is 15.1. The fraction of sp³-hybridized carbons (Fsp3) is 0.176. The van der Waals surface area contributed by atoms with Crippen LogP contribution in [-0.4, -0.2) is 35.7 Å². The Balaban J connectivity index is 1.19. The molecule has 6 rings (SSSR count). The van der Waals surface area contributed by atoms with E-state index < -0.39 is 0 Å². The maximum Gasteiger partial charge on any atom is 0.145 e. The highest BCUT2D eigenvalue weighted by molar-refractivity contribution is 14.1. The van der Waals surface area contributed by atoms with Crippen molar-refractivity contribution in [3.8, 4) is 23.0 Å². The second-order valence-corrected chi connectivity index (χ2v) is 11.7. The van der Waals surface area contributed by atoms with Gasteiger partial charge in [-0.3, -0.25) is 20.0 Å². The van der Waals surface area contributed by atoms with E-state index in [1.165, 1.54) is 14.8 Å². The van der Waals surface area contributed by atoms with E-state index in [0.29, 0.717) is 6.67 Å². The summed E-state index contributed by atoms with van der Waals surface area (Å²) >= 11 is 2.39. The van der Waals surface area contributed by atoms with Crippen molar-refractivity contribution in [2.45, 2.75) is 20.4 Å². The number of aromatic nitrogens is 2. The molecule has 0 radical (unpaired) electrons. The van der Waals surface area contributed by atoms with Gasteiger partial charge in [0.25, 0.3) is 0 Å². The van der Waals surface area contributed by atoms with Crippen molar-refractivity contribution in [3.63, 3.8) is 0 Å². The first kappa shape index (κ1) is 28.8. The summed E-state index contributed by atoms with van der Waals surface area (Å²) in [7, 11) is 4.19. The molecule has 5 aromatic rings. The summed E-state index contributed by atoms with van der Waals surface area (Å²) in [6.07, 6.45) is 3.49. The number of pyridine rings is 2. The summed E-state index contributed by atoms with van der Waals surface area (Å²) in [6, 6.07) is 30.7. The number of hydrogen-bond acceptors (Lipinski definition) is 8. The lowest BCUT2D eigenvalue weighted by Crippen LogP contribution is -2.55. The van der Waals surface area contributed by atoms with Gasteiger partial charge >= 0.3 is 0 Å². The number of anilines is 3. The highest BCUT2D eigenvalue weighted by atomic mass is 127. The predicted molar refractivity (Wildman–Crippen MR) is 180 cm³/mol. The second kappa shape index (κ2) is 12.5. The van der Waals surface area contributed by atoms with Gasteiger partial charge in [0.2, 0.25) is 0 Å². The van der Waals surface area contributed by atoms with Crippen LogP contribution in [0, 0.1) is 17.4 Å². The Kier molecular flexibility index (Phi) is 8.35. The van der Waals surface area contributed by atoms with Gasteiger partial charge in [0.1, 0.15) is 29.7 Å². The Morgan fingerprint density at radius 2 is 1.16 bits per heavy atom. The maximum atomic E-state index is 6.00. The second-order valence-electron chi connectivity index (χ2n) is 10.5. The molecular formula is C34H33IN6O2. The van der Waals surface area contributed by atoms with Gasteiger partial charge in [0.15, 0.2) is 0 Å². The van der Waals surface area contributed by atoms with E-state index >= 15 is 0 Å². The summed E-state index contributed by atoms with van der Waals surface area (Å²) < 4.78 is 13.2. The normalized spacial score (nSPS) is 12.9. The van der Waals surface area contributed by atoms with E-state index in [4.69, 9.17) is 9.47 Å². The lowest BCUT2D eigenvalue weighted by atomic mass is 10.1. The van der Waals surface area contributed by atoms with Crippen LogP contribution in [0.2, 0.25) is 0 Å². The molecule has 1 aliphatic rings. The molecule has 1 aliphatic heterocycles. The minimum Gasteiger partial charge on any atom is -0.456 e. The van der Waals surface area contributed by atoms with Gasteiger partial charge in [-0.25, -0.2) is 0 Å². The van der Waals surface area contributed by atoms with Gasteiger partial charge in [-0.05, 0) is 133 Å². The fourth-order valence-electron chi connectivity index (χ4n) is 4.93. The third kappa shape index (κ3) is 6.68. The topological polar surface area (TPSA) is 57.2 Å². The summed E-state index contributed by atoms with van der Waals surface area (Å²) in [5, 5.41) is 9.02. The van der Waals surface area contributed by atoms with E-state index in [2.05, 4.69) is 109 Å². The molecule has 3 heterocycles. The number of rotatable bonds is 8. The minimum atomic E-state index is 0.668. The molecule has 0 spiro atoms. The Morgan fingerprint density at radius 3 is 1.67 bits per heavy atom. The van der Waals surface area contributed by atoms with Crippen LogP contribution < -0.4 is 24.5 Å². The predicted octanol–water partition coefficient (Wildman–Crippen LogP) is 7.96. The third-order valence-electron chi connectivity index (χ3n) is 7.42. The first-order chi connectivity index (χ1) is 20.8. The van der Waals surface area contributed by atoms with E-state index in [1.807, 2.05) is 62.4 Å². The Bertz CT molecular complexity index is 1680. The lowest BCUT2D eigenvalue weighted by molar-refractivity contribution is 0.241. The van der Waals surface area contributed by atoms with Gasteiger partial charge in [-0.2, -0.15) is 5.01 Å². The van der Waals surface area contributed by atoms with Gasteiger partial charge in [-0.15, -0.1) is 0 Å². The van der Waals surface area contributed by atoms with Crippen LogP contribution in [0.1, 0.15) is 17.0 Å². The van der Waals surface area contributed by atoms with Crippen molar-refractivity contribution in [3.05, 3.63) is 124 Å². The quantitative estimate of drug-likeness (QED) is 0.153. The van der Waals surface area contributed by atoms with Crippen molar-refractivity contribution in [1.29, 1.82) is 0 Å². The smallest absolute Gasteiger partial charge is 0.145 e. The number of halogens is 1. The molecule has 0 saturated carbocycles. The molecule has 0 N–H and O–H groups in total. The number of nitrogens with zero attached hydrogens (tertiary/aromatic N) is 6. The van der Waals surface area contributed by atoms with Crippen LogP contribution in [0.3, 0.4) is 0 Å². The molecular weight excluding hydrogens is 651 g/mol. The van der Waals surface area contributed by atoms with Gasteiger partial charge < -0.3 is 14.5 Å². The van der Waals surface area contributed by atoms with Crippen molar-refractivity contribution in [2.24, 2.45) is 0 Å². The number of hydrazine groups is 2. The third-order valence-corrected chi connectivity index (χ3v) is 8.09. The summed E-state index contributed by atoms with van der Waals surface area (Å²) in [5.74, 6) is 2.98. The van der Waals surface area contributed by atoms with Crippen molar-refractivity contribution >= 4 is 39.7 Å². The molecule has 3 aromatic carbocycles. The van der Waals surface area contributed by atoms with Crippen LogP contribution in [-0.2, 0) is 6.54 Å². The van der Waals surface area contributed by atoms with E-state index in [0.717, 1.165) is 52.3 Å².